The smallest absolute Gasteiger partial charge is 0.338 e. The molecule has 9 heteroatoms. The Bertz CT molecular complexity index is 871. The van der Waals surface area contributed by atoms with Crippen molar-refractivity contribution in [2.24, 2.45) is 0 Å². The molecular formula is C18H17ClN2O6. The Kier molecular flexibility index (Phi) is 6.86. The summed E-state index contributed by atoms with van der Waals surface area (Å²) in [6, 6.07) is 10.3. The number of carbonyl (C=O) groups is 2. The summed E-state index contributed by atoms with van der Waals surface area (Å²) in [4.78, 5) is 34.7. The number of benzene rings is 2. The standard InChI is InChI=1S/C18H17ClN2O6/c1-11(27-18(23)13-5-3-4-12(8-13)10-26-2)17(22)20-16-9-14(21(24)25)6-7-15(16)19/h3-9,11H,10H2,1-2H3,(H,20,22). The van der Waals surface area contributed by atoms with E-state index in [1.807, 2.05) is 0 Å². The van der Waals surface area contributed by atoms with Crippen LogP contribution in [0.1, 0.15) is 22.8 Å². The number of non-ortho nitro benzene ring substituents is 1. The molecule has 1 N–H and O–H groups in total. The zero-order valence-corrected chi connectivity index (χ0v) is 15.4. The predicted molar refractivity (Wildman–Crippen MR) is 98.8 cm³/mol. The monoisotopic (exact) mass is 392 g/mol. The molecule has 142 valence electrons. The molecule has 0 aliphatic carbocycles. The molecule has 0 aromatic heterocycles. The molecular weight excluding hydrogens is 376 g/mol. The number of anilines is 1. The molecule has 0 radical (unpaired) electrons. The Balaban J connectivity index is 2.05. The van der Waals surface area contributed by atoms with Crippen LogP contribution in [0, 0.1) is 10.1 Å². The summed E-state index contributed by atoms with van der Waals surface area (Å²) in [7, 11) is 1.54. The van der Waals surface area contributed by atoms with Crippen molar-refractivity contribution >= 4 is 34.9 Å². The highest BCUT2D eigenvalue weighted by atomic mass is 35.5. The van der Waals surface area contributed by atoms with E-state index < -0.39 is 22.9 Å². The third kappa shape index (κ3) is 5.50. The summed E-state index contributed by atoms with van der Waals surface area (Å²) in [5.41, 5.74) is 0.889. The van der Waals surface area contributed by atoms with Gasteiger partial charge in [-0.25, -0.2) is 4.79 Å². The maximum absolute atomic E-state index is 12.2. The fraction of sp³-hybridized carbons (Fsp3) is 0.222. The fourth-order valence-corrected chi connectivity index (χ4v) is 2.36. The third-order valence-corrected chi connectivity index (χ3v) is 3.87. The van der Waals surface area contributed by atoms with E-state index in [9.17, 15) is 19.7 Å². The largest absolute Gasteiger partial charge is 0.449 e. The Morgan fingerprint density at radius 1 is 1.26 bits per heavy atom. The molecule has 2 aromatic carbocycles. The van der Waals surface area contributed by atoms with Gasteiger partial charge in [0.25, 0.3) is 11.6 Å². The highest BCUT2D eigenvalue weighted by molar-refractivity contribution is 6.33. The van der Waals surface area contributed by atoms with Crippen LogP contribution >= 0.6 is 11.6 Å². The first kappa shape index (κ1) is 20.3. The van der Waals surface area contributed by atoms with Crippen LogP contribution in [0.25, 0.3) is 0 Å². The topological polar surface area (TPSA) is 108 Å². The Morgan fingerprint density at radius 3 is 2.67 bits per heavy atom. The molecule has 0 spiro atoms. The number of nitro groups is 1. The fourth-order valence-electron chi connectivity index (χ4n) is 2.19. The molecule has 2 aromatic rings. The maximum Gasteiger partial charge on any atom is 0.338 e. The average Bonchev–Trinajstić information content (AvgIpc) is 2.63. The van der Waals surface area contributed by atoms with Gasteiger partial charge < -0.3 is 14.8 Å². The van der Waals surface area contributed by atoms with Crippen molar-refractivity contribution in [2.75, 3.05) is 12.4 Å². The number of rotatable bonds is 7. The van der Waals surface area contributed by atoms with Crippen molar-refractivity contribution in [3.63, 3.8) is 0 Å². The van der Waals surface area contributed by atoms with E-state index in [1.54, 1.807) is 24.3 Å². The number of nitro benzene ring substituents is 1. The van der Waals surface area contributed by atoms with Crippen LogP contribution in [-0.4, -0.2) is 30.0 Å². The minimum atomic E-state index is -1.14. The first-order valence-corrected chi connectivity index (χ1v) is 8.23. The molecule has 0 heterocycles. The van der Waals surface area contributed by atoms with Crippen LogP contribution in [0.2, 0.25) is 5.02 Å². The van der Waals surface area contributed by atoms with E-state index in [4.69, 9.17) is 21.1 Å². The highest BCUT2D eigenvalue weighted by Crippen LogP contribution is 2.27. The molecule has 0 aliphatic heterocycles. The van der Waals surface area contributed by atoms with Crippen LogP contribution in [0.3, 0.4) is 0 Å². The number of carbonyl (C=O) groups excluding carboxylic acids is 2. The molecule has 1 atom stereocenters. The van der Waals surface area contributed by atoms with Gasteiger partial charge in [-0.1, -0.05) is 23.7 Å². The number of halogens is 1. The number of hydrogen-bond acceptors (Lipinski definition) is 6. The van der Waals surface area contributed by atoms with Crippen molar-refractivity contribution < 1.29 is 24.0 Å². The minimum absolute atomic E-state index is 0.0563. The van der Waals surface area contributed by atoms with Gasteiger partial charge in [-0.05, 0) is 30.7 Å². The van der Waals surface area contributed by atoms with Gasteiger partial charge in [0.2, 0.25) is 0 Å². The summed E-state index contributed by atoms with van der Waals surface area (Å²) < 4.78 is 10.2. The Morgan fingerprint density at radius 2 is 2.00 bits per heavy atom. The van der Waals surface area contributed by atoms with E-state index in [0.717, 1.165) is 11.6 Å². The average molecular weight is 393 g/mol. The van der Waals surface area contributed by atoms with E-state index in [0.29, 0.717) is 6.61 Å². The van der Waals surface area contributed by atoms with Crippen molar-refractivity contribution in [3.05, 3.63) is 68.7 Å². The quantitative estimate of drug-likeness (QED) is 0.438. The van der Waals surface area contributed by atoms with Crippen LogP contribution in [-0.2, 0) is 20.9 Å². The van der Waals surface area contributed by atoms with E-state index >= 15 is 0 Å². The van der Waals surface area contributed by atoms with Crippen LogP contribution in [0.5, 0.6) is 0 Å². The van der Waals surface area contributed by atoms with Gasteiger partial charge in [0.1, 0.15) is 0 Å². The normalized spacial score (nSPS) is 11.5. The minimum Gasteiger partial charge on any atom is -0.449 e. The number of amides is 1. The van der Waals surface area contributed by atoms with Crippen LogP contribution in [0.4, 0.5) is 11.4 Å². The van der Waals surface area contributed by atoms with Gasteiger partial charge in [0.05, 0.1) is 27.8 Å². The van der Waals surface area contributed by atoms with Crippen LogP contribution < -0.4 is 5.32 Å². The molecule has 0 bridgehead atoms. The second-order valence-corrected chi connectivity index (χ2v) is 6.00. The van der Waals surface area contributed by atoms with E-state index in [1.165, 1.54) is 26.2 Å². The molecule has 1 unspecified atom stereocenters. The number of hydrogen-bond donors (Lipinski definition) is 1. The Labute approximate surface area is 160 Å². The lowest BCUT2D eigenvalue weighted by atomic mass is 10.1. The first-order valence-electron chi connectivity index (χ1n) is 7.85. The van der Waals surface area contributed by atoms with Crippen molar-refractivity contribution in [3.8, 4) is 0 Å². The maximum atomic E-state index is 12.2. The van der Waals surface area contributed by atoms with Crippen molar-refractivity contribution in [2.45, 2.75) is 19.6 Å². The lowest BCUT2D eigenvalue weighted by Crippen LogP contribution is -2.30. The van der Waals surface area contributed by atoms with Gasteiger partial charge in [0, 0.05) is 19.2 Å². The van der Waals surface area contributed by atoms with Gasteiger partial charge in [0.15, 0.2) is 6.10 Å². The van der Waals surface area contributed by atoms with Crippen molar-refractivity contribution in [1.82, 2.24) is 0 Å². The summed E-state index contributed by atoms with van der Waals surface area (Å²) in [6.07, 6.45) is -1.14. The van der Waals surface area contributed by atoms with E-state index in [2.05, 4.69) is 5.32 Å². The van der Waals surface area contributed by atoms with Gasteiger partial charge >= 0.3 is 5.97 Å². The molecule has 1 amide bonds. The number of ether oxygens (including phenoxy) is 2. The van der Waals surface area contributed by atoms with Crippen LogP contribution in [0.15, 0.2) is 42.5 Å². The zero-order valence-electron chi connectivity index (χ0n) is 14.6. The zero-order chi connectivity index (χ0) is 20.0. The number of nitrogens with zero attached hydrogens (tertiary/aromatic N) is 1. The molecule has 8 nitrogen and oxygen atoms in total. The van der Waals surface area contributed by atoms with E-state index in [-0.39, 0.29) is 22.0 Å². The second kappa shape index (κ2) is 9.11. The molecule has 0 saturated heterocycles. The lowest BCUT2D eigenvalue weighted by Gasteiger charge is -2.14. The summed E-state index contributed by atoms with van der Waals surface area (Å²) in [5, 5.41) is 13.4. The lowest BCUT2D eigenvalue weighted by molar-refractivity contribution is -0.384. The molecule has 0 saturated carbocycles. The second-order valence-electron chi connectivity index (χ2n) is 5.59. The molecule has 27 heavy (non-hydrogen) atoms. The summed E-state index contributed by atoms with van der Waals surface area (Å²) in [5.74, 6) is -1.35. The van der Waals surface area contributed by atoms with Gasteiger partial charge in [-0.2, -0.15) is 0 Å². The predicted octanol–water partition coefficient (Wildman–Crippen LogP) is 3.58. The number of methoxy groups -OCH3 is 1. The van der Waals surface area contributed by atoms with Gasteiger partial charge in [-0.3, -0.25) is 14.9 Å². The van der Waals surface area contributed by atoms with Crippen molar-refractivity contribution in [1.29, 1.82) is 0 Å². The highest BCUT2D eigenvalue weighted by Gasteiger charge is 2.21. The Hall–Kier alpha value is -2.97. The first-order chi connectivity index (χ1) is 12.8. The number of nitrogens with one attached hydrogen (secondary N) is 1. The molecule has 0 aliphatic rings. The summed E-state index contributed by atoms with van der Waals surface area (Å²) >= 11 is 5.94. The molecule has 2 rings (SSSR count). The molecule has 0 fully saturated rings. The number of esters is 1. The van der Waals surface area contributed by atoms with Gasteiger partial charge in [-0.15, -0.1) is 0 Å². The SMILES string of the molecule is COCc1cccc(C(=O)OC(C)C(=O)Nc2cc([N+](=O)[O-])ccc2Cl)c1. The third-order valence-electron chi connectivity index (χ3n) is 3.55. The summed E-state index contributed by atoms with van der Waals surface area (Å²) in [6.45, 7) is 1.72.